The third-order valence-corrected chi connectivity index (χ3v) is 3.96. The van der Waals surface area contributed by atoms with E-state index in [0.29, 0.717) is 0 Å². The van der Waals surface area contributed by atoms with Gasteiger partial charge in [0.25, 0.3) is 0 Å². The van der Waals surface area contributed by atoms with E-state index in [-0.39, 0.29) is 0 Å². The largest absolute Gasteiger partial charge is 0.235 e. The van der Waals surface area contributed by atoms with E-state index in [2.05, 4.69) is 43.5 Å². The van der Waals surface area contributed by atoms with Crippen molar-refractivity contribution in [2.24, 2.45) is 0 Å². The van der Waals surface area contributed by atoms with E-state index in [4.69, 9.17) is 0 Å². The smallest absolute Gasteiger partial charge is 0.145 e. The van der Waals surface area contributed by atoms with Gasteiger partial charge in [0.05, 0.1) is 5.69 Å². The molecule has 0 N–H and O–H groups in total. The molecular formula is C12H7BrN2S. The fraction of sp³-hybridized carbons (Fsp3) is 0. The molecule has 0 spiro atoms. The van der Waals surface area contributed by atoms with Gasteiger partial charge in [-0.2, -0.15) is 4.37 Å². The van der Waals surface area contributed by atoms with Crippen LogP contribution >= 0.6 is 27.5 Å². The second-order valence-corrected chi connectivity index (χ2v) is 4.89. The molecule has 78 valence electrons. The van der Waals surface area contributed by atoms with E-state index >= 15 is 0 Å². The average molecular weight is 291 g/mol. The molecular weight excluding hydrogens is 284 g/mol. The Bertz CT molecular complexity index is 634. The molecule has 2 heterocycles. The Morgan fingerprint density at radius 1 is 1.00 bits per heavy atom. The van der Waals surface area contributed by atoms with E-state index in [0.717, 1.165) is 26.1 Å². The van der Waals surface area contributed by atoms with E-state index < -0.39 is 0 Å². The molecule has 0 saturated carbocycles. The van der Waals surface area contributed by atoms with Gasteiger partial charge in [0.2, 0.25) is 0 Å². The van der Waals surface area contributed by atoms with E-state index in [1.165, 1.54) is 11.5 Å². The molecule has 0 aliphatic rings. The van der Waals surface area contributed by atoms with Crippen LogP contribution in [-0.2, 0) is 0 Å². The number of aromatic nitrogens is 2. The molecule has 3 rings (SSSR count). The Kier molecular flexibility index (Phi) is 2.46. The van der Waals surface area contributed by atoms with Crippen LogP contribution in [0, 0.1) is 0 Å². The lowest BCUT2D eigenvalue weighted by Crippen LogP contribution is -1.81. The number of fused-ring (bicyclic) bond motifs is 1. The van der Waals surface area contributed by atoms with Gasteiger partial charge in [-0.05, 0) is 39.6 Å². The minimum absolute atomic E-state index is 0.875. The van der Waals surface area contributed by atoms with E-state index in [1.54, 1.807) is 0 Å². The summed E-state index contributed by atoms with van der Waals surface area (Å²) in [6, 6.07) is 14.2. The standard InChI is InChI=1S/C12H7BrN2S/c13-11-9-6-7-10(14-12(9)16-15-11)8-4-2-1-3-5-8/h1-7H. The number of halogens is 1. The van der Waals surface area contributed by atoms with Crippen LogP contribution in [0.5, 0.6) is 0 Å². The molecule has 0 unspecified atom stereocenters. The molecule has 0 fully saturated rings. The van der Waals surface area contributed by atoms with Gasteiger partial charge in [-0.25, -0.2) is 4.98 Å². The minimum Gasteiger partial charge on any atom is -0.235 e. The molecule has 1 aromatic carbocycles. The van der Waals surface area contributed by atoms with Crippen molar-refractivity contribution in [2.75, 3.05) is 0 Å². The van der Waals surface area contributed by atoms with Crippen molar-refractivity contribution in [1.82, 2.24) is 9.36 Å². The Labute approximate surface area is 105 Å². The van der Waals surface area contributed by atoms with Crippen LogP contribution in [0.15, 0.2) is 47.1 Å². The summed E-state index contributed by atoms with van der Waals surface area (Å²) >= 11 is 4.82. The van der Waals surface area contributed by atoms with Crippen molar-refractivity contribution < 1.29 is 0 Å². The fourth-order valence-corrected chi connectivity index (χ4v) is 2.90. The van der Waals surface area contributed by atoms with Crippen molar-refractivity contribution in [3.8, 4) is 11.3 Å². The van der Waals surface area contributed by atoms with Crippen LogP contribution in [-0.4, -0.2) is 9.36 Å². The zero-order valence-corrected chi connectivity index (χ0v) is 10.6. The highest BCUT2D eigenvalue weighted by Gasteiger charge is 2.06. The lowest BCUT2D eigenvalue weighted by atomic mass is 10.1. The van der Waals surface area contributed by atoms with Gasteiger partial charge in [0.15, 0.2) is 0 Å². The van der Waals surface area contributed by atoms with E-state index in [1.807, 2.05) is 24.3 Å². The first-order valence-electron chi connectivity index (χ1n) is 4.82. The fourth-order valence-electron chi connectivity index (χ4n) is 1.57. The Balaban J connectivity index is 2.19. The maximum Gasteiger partial charge on any atom is 0.145 e. The van der Waals surface area contributed by atoms with Crippen LogP contribution in [0.1, 0.15) is 0 Å². The molecule has 0 atom stereocenters. The van der Waals surface area contributed by atoms with Gasteiger partial charge in [-0.3, -0.25) is 0 Å². The van der Waals surface area contributed by atoms with Crippen molar-refractivity contribution >= 4 is 37.7 Å². The third kappa shape index (κ3) is 1.64. The van der Waals surface area contributed by atoms with Crippen LogP contribution in [0.4, 0.5) is 0 Å². The molecule has 0 aliphatic carbocycles. The highest BCUT2D eigenvalue weighted by molar-refractivity contribution is 9.10. The highest BCUT2D eigenvalue weighted by Crippen LogP contribution is 2.28. The summed E-state index contributed by atoms with van der Waals surface area (Å²) in [5, 5.41) is 1.07. The average Bonchev–Trinajstić information content (AvgIpc) is 2.72. The van der Waals surface area contributed by atoms with Gasteiger partial charge in [0.1, 0.15) is 9.43 Å². The topological polar surface area (TPSA) is 25.8 Å². The number of hydrogen-bond donors (Lipinski definition) is 0. The first-order valence-corrected chi connectivity index (χ1v) is 6.38. The summed E-state index contributed by atoms with van der Waals surface area (Å²) < 4.78 is 5.10. The first kappa shape index (κ1) is 9.93. The Hall–Kier alpha value is -1.26. The predicted octanol–water partition coefficient (Wildman–Crippen LogP) is 4.12. The molecule has 2 aromatic heterocycles. The SMILES string of the molecule is Brc1nsc2nc(-c3ccccc3)ccc12. The number of rotatable bonds is 1. The van der Waals surface area contributed by atoms with Gasteiger partial charge >= 0.3 is 0 Å². The van der Waals surface area contributed by atoms with Crippen molar-refractivity contribution in [1.29, 1.82) is 0 Å². The zero-order valence-electron chi connectivity index (χ0n) is 8.22. The van der Waals surface area contributed by atoms with Crippen LogP contribution in [0.3, 0.4) is 0 Å². The number of benzene rings is 1. The van der Waals surface area contributed by atoms with Crippen LogP contribution in [0.25, 0.3) is 21.5 Å². The monoisotopic (exact) mass is 290 g/mol. The van der Waals surface area contributed by atoms with Crippen molar-refractivity contribution in [3.05, 3.63) is 47.1 Å². The summed E-state index contributed by atoms with van der Waals surface area (Å²) in [6.45, 7) is 0. The lowest BCUT2D eigenvalue weighted by molar-refractivity contribution is 1.42. The normalized spacial score (nSPS) is 10.8. The maximum atomic E-state index is 4.59. The highest BCUT2D eigenvalue weighted by atomic mass is 79.9. The summed E-state index contributed by atoms with van der Waals surface area (Å²) in [7, 11) is 0. The molecule has 0 bridgehead atoms. The minimum atomic E-state index is 0.875. The van der Waals surface area contributed by atoms with Gasteiger partial charge < -0.3 is 0 Å². The maximum absolute atomic E-state index is 4.59. The van der Waals surface area contributed by atoms with Gasteiger partial charge in [-0.15, -0.1) is 0 Å². The zero-order chi connectivity index (χ0) is 11.0. The first-order chi connectivity index (χ1) is 7.84. The molecule has 0 amide bonds. The lowest BCUT2D eigenvalue weighted by Gasteiger charge is -1.99. The summed E-state index contributed by atoms with van der Waals surface area (Å²) in [6.07, 6.45) is 0. The summed E-state index contributed by atoms with van der Waals surface area (Å²) in [5.41, 5.74) is 2.12. The number of pyridine rings is 1. The molecule has 2 nitrogen and oxygen atoms in total. The van der Waals surface area contributed by atoms with Crippen molar-refractivity contribution in [2.45, 2.75) is 0 Å². The summed E-state index contributed by atoms with van der Waals surface area (Å²) in [5.74, 6) is 0. The molecule has 16 heavy (non-hydrogen) atoms. The second-order valence-electron chi connectivity index (χ2n) is 3.39. The number of nitrogens with zero attached hydrogens (tertiary/aromatic N) is 2. The van der Waals surface area contributed by atoms with E-state index in [9.17, 15) is 0 Å². The molecule has 4 heteroatoms. The molecule has 0 saturated heterocycles. The quantitative estimate of drug-likeness (QED) is 0.674. The number of hydrogen-bond acceptors (Lipinski definition) is 3. The second kappa shape index (κ2) is 3.96. The molecule has 0 radical (unpaired) electrons. The molecule has 3 aromatic rings. The summed E-state index contributed by atoms with van der Waals surface area (Å²) in [4.78, 5) is 5.56. The third-order valence-electron chi connectivity index (χ3n) is 2.36. The predicted molar refractivity (Wildman–Crippen MR) is 70.6 cm³/mol. The Morgan fingerprint density at radius 2 is 1.81 bits per heavy atom. The van der Waals surface area contributed by atoms with Gasteiger partial charge in [-0.1, -0.05) is 30.3 Å². The van der Waals surface area contributed by atoms with Gasteiger partial charge in [0, 0.05) is 10.9 Å². The van der Waals surface area contributed by atoms with Crippen LogP contribution in [0.2, 0.25) is 0 Å². The van der Waals surface area contributed by atoms with Crippen molar-refractivity contribution in [3.63, 3.8) is 0 Å². The van der Waals surface area contributed by atoms with Crippen LogP contribution < -0.4 is 0 Å². The Morgan fingerprint density at radius 3 is 2.62 bits per heavy atom. The molecule has 0 aliphatic heterocycles.